The number of hydrogen-bond donors (Lipinski definition) is 1. The molecule has 0 spiro atoms. The van der Waals surface area contributed by atoms with Crippen molar-refractivity contribution in [2.24, 2.45) is 17.0 Å². The number of benzene rings is 1. The minimum Gasteiger partial charge on any atom is -0.396 e. The third kappa shape index (κ3) is 3.62. The first-order valence-corrected chi connectivity index (χ1v) is 6.48. The molecule has 1 heterocycles. The third-order valence-electron chi connectivity index (χ3n) is 3.54. The van der Waals surface area contributed by atoms with Gasteiger partial charge >= 0.3 is 0 Å². The summed E-state index contributed by atoms with van der Waals surface area (Å²) < 4.78 is 0. The van der Waals surface area contributed by atoms with E-state index in [0.29, 0.717) is 6.54 Å². The van der Waals surface area contributed by atoms with Gasteiger partial charge in [0.1, 0.15) is 0 Å². The minimum absolute atomic E-state index is 0.195. The molecule has 0 amide bonds. The van der Waals surface area contributed by atoms with E-state index in [9.17, 15) is 10.0 Å². The second-order valence-corrected chi connectivity index (χ2v) is 5.14. The van der Waals surface area contributed by atoms with Crippen molar-refractivity contribution in [3.63, 3.8) is 0 Å². The Kier molecular flexibility index (Phi) is 4.84. The van der Waals surface area contributed by atoms with Crippen LogP contribution < -0.4 is 0 Å². The second-order valence-electron chi connectivity index (χ2n) is 5.14. The Morgan fingerprint density at radius 1 is 1.22 bits per heavy atom. The molecule has 4 heteroatoms. The summed E-state index contributed by atoms with van der Waals surface area (Å²) in [5.74, 6) is 0.561. The number of nitroso groups, excluding NO2 is 1. The first kappa shape index (κ1) is 13.2. The van der Waals surface area contributed by atoms with Gasteiger partial charge < -0.3 is 5.11 Å². The molecule has 18 heavy (non-hydrogen) atoms. The fourth-order valence-electron chi connectivity index (χ4n) is 2.77. The molecule has 1 aliphatic rings. The highest BCUT2D eigenvalue weighted by atomic mass is 16.3. The number of aliphatic hydroxyl groups is 1. The van der Waals surface area contributed by atoms with Gasteiger partial charge in [-0.15, -0.1) is 0 Å². The topological polar surface area (TPSA) is 52.9 Å². The zero-order valence-corrected chi connectivity index (χ0v) is 10.5. The van der Waals surface area contributed by atoms with Gasteiger partial charge in [-0.1, -0.05) is 35.5 Å². The molecule has 0 saturated carbocycles. The Morgan fingerprint density at radius 3 is 2.61 bits per heavy atom. The molecular weight excluding hydrogens is 228 g/mol. The predicted octanol–water partition coefficient (Wildman–Crippen LogP) is 1.88. The van der Waals surface area contributed by atoms with Gasteiger partial charge in [-0.25, -0.2) is 0 Å². The van der Waals surface area contributed by atoms with Gasteiger partial charge in [0.05, 0.1) is 6.54 Å². The van der Waals surface area contributed by atoms with Gasteiger partial charge in [0.25, 0.3) is 0 Å². The number of rotatable bonds is 5. The number of piperidine rings is 1. The number of likely N-dealkylation sites (tertiary alicyclic amines) is 1. The molecule has 1 aromatic carbocycles. The Balaban J connectivity index is 1.96. The van der Waals surface area contributed by atoms with Crippen LogP contribution in [0, 0.1) is 16.7 Å². The molecule has 0 aliphatic carbocycles. The molecule has 0 aromatic heterocycles. The van der Waals surface area contributed by atoms with E-state index >= 15 is 0 Å². The van der Waals surface area contributed by atoms with Crippen molar-refractivity contribution in [3.8, 4) is 0 Å². The van der Waals surface area contributed by atoms with Gasteiger partial charge in [0, 0.05) is 26.2 Å². The summed E-state index contributed by atoms with van der Waals surface area (Å²) in [7, 11) is 0. The highest BCUT2D eigenvalue weighted by Crippen LogP contribution is 2.23. The van der Waals surface area contributed by atoms with E-state index in [-0.39, 0.29) is 18.4 Å². The van der Waals surface area contributed by atoms with Crippen LogP contribution in [0.25, 0.3) is 0 Å². The van der Waals surface area contributed by atoms with Crippen LogP contribution in [-0.4, -0.2) is 36.2 Å². The lowest BCUT2D eigenvalue weighted by atomic mass is 9.89. The van der Waals surface area contributed by atoms with Gasteiger partial charge in [-0.3, -0.25) is 4.90 Å². The maximum Gasteiger partial charge on any atom is 0.0851 e. The molecule has 2 rings (SSSR count). The van der Waals surface area contributed by atoms with Crippen LogP contribution in [0.1, 0.15) is 12.0 Å². The minimum atomic E-state index is 0.195. The summed E-state index contributed by atoms with van der Waals surface area (Å²) in [6.45, 7) is 3.24. The lowest BCUT2D eigenvalue weighted by Gasteiger charge is -2.36. The van der Waals surface area contributed by atoms with E-state index in [1.807, 2.05) is 18.2 Å². The molecule has 1 fully saturated rings. The SMILES string of the molecule is O=NCC1CC(CO)CN(Cc2ccccc2)C1. The summed E-state index contributed by atoms with van der Waals surface area (Å²) in [5.41, 5.74) is 1.27. The second kappa shape index (κ2) is 6.61. The van der Waals surface area contributed by atoms with Crippen molar-refractivity contribution in [1.82, 2.24) is 4.90 Å². The molecule has 0 radical (unpaired) electrons. The van der Waals surface area contributed by atoms with Crippen LogP contribution in [-0.2, 0) is 6.54 Å². The van der Waals surface area contributed by atoms with E-state index < -0.39 is 0 Å². The Bertz CT molecular complexity index is 369. The van der Waals surface area contributed by atoms with Gasteiger partial charge in [-0.05, 0) is 23.8 Å². The zero-order valence-electron chi connectivity index (χ0n) is 10.5. The highest BCUT2D eigenvalue weighted by Gasteiger charge is 2.26. The first-order valence-electron chi connectivity index (χ1n) is 6.48. The van der Waals surface area contributed by atoms with E-state index in [4.69, 9.17) is 0 Å². The van der Waals surface area contributed by atoms with Gasteiger partial charge in [0.2, 0.25) is 0 Å². The molecule has 1 saturated heterocycles. The Labute approximate surface area is 108 Å². The van der Waals surface area contributed by atoms with Crippen molar-refractivity contribution >= 4 is 0 Å². The summed E-state index contributed by atoms with van der Waals surface area (Å²) >= 11 is 0. The van der Waals surface area contributed by atoms with Crippen molar-refractivity contribution in [3.05, 3.63) is 40.8 Å². The van der Waals surface area contributed by atoms with Crippen molar-refractivity contribution in [2.45, 2.75) is 13.0 Å². The smallest absolute Gasteiger partial charge is 0.0851 e. The monoisotopic (exact) mass is 248 g/mol. The maximum absolute atomic E-state index is 10.4. The lowest BCUT2D eigenvalue weighted by molar-refractivity contribution is 0.0823. The van der Waals surface area contributed by atoms with Crippen LogP contribution in [0.15, 0.2) is 35.5 Å². The van der Waals surface area contributed by atoms with Crippen LogP contribution in [0.2, 0.25) is 0 Å². The highest BCUT2D eigenvalue weighted by molar-refractivity contribution is 5.14. The molecule has 4 nitrogen and oxygen atoms in total. The molecule has 2 unspecified atom stereocenters. The zero-order chi connectivity index (χ0) is 12.8. The predicted molar refractivity (Wildman–Crippen MR) is 71.1 cm³/mol. The molecule has 1 aromatic rings. The molecule has 1 N–H and O–H groups in total. The number of nitrogens with zero attached hydrogens (tertiary/aromatic N) is 2. The van der Waals surface area contributed by atoms with Crippen molar-refractivity contribution < 1.29 is 5.11 Å². The average Bonchev–Trinajstić information content (AvgIpc) is 2.40. The van der Waals surface area contributed by atoms with Gasteiger partial charge in [-0.2, -0.15) is 4.91 Å². The molecular formula is C14H20N2O2. The maximum atomic E-state index is 10.4. The molecule has 98 valence electrons. The van der Waals surface area contributed by atoms with Crippen LogP contribution >= 0.6 is 0 Å². The molecule has 2 atom stereocenters. The van der Waals surface area contributed by atoms with Crippen LogP contribution in [0.5, 0.6) is 0 Å². The van der Waals surface area contributed by atoms with E-state index in [1.54, 1.807) is 0 Å². The summed E-state index contributed by atoms with van der Waals surface area (Å²) in [5, 5.41) is 12.3. The lowest BCUT2D eigenvalue weighted by Crippen LogP contribution is -2.42. The fourth-order valence-corrected chi connectivity index (χ4v) is 2.77. The first-order chi connectivity index (χ1) is 8.81. The van der Waals surface area contributed by atoms with Crippen molar-refractivity contribution in [1.29, 1.82) is 0 Å². The largest absolute Gasteiger partial charge is 0.396 e. The third-order valence-corrected chi connectivity index (χ3v) is 3.54. The van der Waals surface area contributed by atoms with Crippen LogP contribution in [0.4, 0.5) is 0 Å². The van der Waals surface area contributed by atoms with E-state index in [0.717, 1.165) is 26.1 Å². The normalized spacial score (nSPS) is 24.9. The fraction of sp³-hybridized carbons (Fsp3) is 0.571. The Hall–Kier alpha value is -1.26. The number of hydrogen-bond acceptors (Lipinski definition) is 4. The van der Waals surface area contributed by atoms with Gasteiger partial charge in [0.15, 0.2) is 0 Å². The summed E-state index contributed by atoms with van der Waals surface area (Å²) in [6.07, 6.45) is 0.910. The molecule has 1 aliphatic heterocycles. The standard InChI is InChI=1S/C14H20N2O2/c17-11-14-6-13(7-15-18)9-16(10-14)8-12-4-2-1-3-5-12/h1-5,13-14,17H,6-11H2. The quantitative estimate of drug-likeness (QED) is 0.809. The average molecular weight is 248 g/mol. The molecule has 0 bridgehead atoms. The van der Waals surface area contributed by atoms with E-state index in [2.05, 4.69) is 22.2 Å². The summed E-state index contributed by atoms with van der Waals surface area (Å²) in [6, 6.07) is 10.3. The number of aliphatic hydroxyl groups excluding tert-OH is 1. The van der Waals surface area contributed by atoms with Crippen LogP contribution in [0.3, 0.4) is 0 Å². The van der Waals surface area contributed by atoms with E-state index in [1.165, 1.54) is 5.56 Å². The van der Waals surface area contributed by atoms with Crippen molar-refractivity contribution in [2.75, 3.05) is 26.2 Å². The summed E-state index contributed by atoms with van der Waals surface area (Å²) in [4.78, 5) is 12.7. The Morgan fingerprint density at radius 2 is 1.94 bits per heavy atom.